The number of hydrogen-bond acceptors (Lipinski definition) is 6. The quantitative estimate of drug-likeness (QED) is 0.567. The van der Waals surface area contributed by atoms with Crippen LogP contribution < -0.4 is 10.1 Å². The number of carbonyl (C=O) groups is 1. The van der Waals surface area contributed by atoms with Gasteiger partial charge in [0.1, 0.15) is 12.1 Å². The SMILES string of the molecule is COc1ccc([C@H](O)Cn2cnc(C(=O)NCc3ccc(SC)cc3)n2)cc1. The van der Waals surface area contributed by atoms with E-state index in [1.54, 1.807) is 43.1 Å². The zero-order valence-corrected chi connectivity index (χ0v) is 16.5. The fourth-order valence-electron chi connectivity index (χ4n) is 2.60. The van der Waals surface area contributed by atoms with E-state index in [1.165, 1.54) is 15.9 Å². The molecule has 3 rings (SSSR count). The van der Waals surface area contributed by atoms with Crippen molar-refractivity contribution in [3.63, 3.8) is 0 Å². The molecule has 0 aliphatic heterocycles. The van der Waals surface area contributed by atoms with Crippen LogP contribution in [0.25, 0.3) is 0 Å². The number of nitrogens with one attached hydrogen (secondary N) is 1. The number of carbonyl (C=O) groups excluding carboxylic acids is 1. The number of aliphatic hydroxyl groups is 1. The maximum absolute atomic E-state index is 12.3. The normalized spacial score (nSPS) is 11.8. The Kier molecular flexibility index (Phi) is 6.67. The predicted molar refractivity (Wildman–Crippen MR) is 107 cm³/mol. The molecule has 2 aromatic carbocycles. The summed E-state index contributed by atoms with van der Waals surface area (Å²) in [4.78, 5) is 17.5. The van der Waals surface area contributed by atoms with Gasteiger partial charge in [0.2, 0.25) is 5.82 Å². The molecule has 0 saturated carbocycles. The molecule has 1 heterocycles. The van der Waals surface area contributed by atoms with Gasteiger partial charge < -0.3 is 15.2 Å². The summed E-state index contributed by atoms with van der Waals surface area (Å²) in [6.45, 7) is 0.596. The molecule has 1 atom stereocenters. The van der Waals surface area contributed by atoms with Gasteiger partial charge in [-0.05, 0) is 41.6 Å². The first kappa shape index (κ1) is 19.9. The van der Waals surface area contributed by atoms with Crippen molar-refractivity contribution >= 4 is 17.7 Å². The molecule has 0 aliphatic carbocycles. The average Bonchev–Trinajstić information content (AvgIpc) is 3.21. The number of methoxy groups -OCH3 is 1. The van der Waals surface area contributed by atoms with Gasteiger partial charge in [0.25, 0.3) is 5.91 Å². The molecule has 8 heteroatoms. The van der Waals surface area contributed by atoms with E-state index in [0.29, 0.717) is 6.54 Å². The summed E-state index contributed by atoms with van der Waals surface area (Å²) in [5.41, 5.74) is 1.73. The summed E-state index contributed by atoms with van der Waals surface area (Å²) in [5, 5.41) is 17.3. The molecule has 0 aliphatic rings. The van der Waals surface area contributed by atoms with Crippen LogP contribution in [0.2, 0.25) is 0 Å². The number of ether oxygens (including phenoxy) is 1. The highest BCUT2D eigenvalue weighted by Crippen LogP contribution is 2.19. The topological polar surface area (TPSA) is 89.3 Å². The van der Waals surface area contributed by atoms with Crippen LogP contribution in [0.3, 0.4) is 0 Å². The van der Waals surface area contributed by atoms with Crippen LogP contribution in [0.1, 0.15) is 27.8 Å². The van der Waals surface area contributed by atoms with Gasteiger partial charge in [0.15, 0.2) is 0 Å². The summed E-state index contributed by atoms with van der Waals surface area (Å²) in [6.07, 6.45) is 2.69. The molecule has 0 saturated heterocycles. The van der Waals surface area contributed by atoms with Crippen LogP contribution in [-0.4, -0.2) is 39.1 Å². The molecule has 3 aromatic rings. The summed E-state index contributed by atoms with van der Waals surface area (Å²) in [5.74, 6) is 0.438. The number of benzene rings is 2. The molecule has 28 heavy (non-hydrogen) atoms. The third-order valence-corrected chi connectivity index (χ3v) is 4.96. The highest BCUT2D eigenvalue weighted by molar-refractivity contribution is 7.98. The maximum Gasteiger partial charge on any atom is 0.291 e. The number of hydrogen-bond donors (Lipinski definition) is 2. The Hall–Kier alpha value is -2.84. The minimum Gasteiger partial charge on any atom is -0.497 e. The Morgan fingerprint density at radius 1 is 1.21 bits per heavy atom. The summed E-state index contributed by atoms with van der Waals surface area (Å²) >= 11 is 1.67. The first-order valence-corrected chi connectivity index (χ1v) is 9.94. The Bertz CT molecular complexity index is 910. The second-order valence-electron chi connectivity index (χ2n) is 6.11. The van der Waals surface area contributed by atoms with E-state index in [4.69, 9.17) is 4.74 Å². The molecular formula is C20H22N4O3S. The van der Waals surface area contributed by atoms with Crippen LogP contribution >= 0.6 is 11.8 Å². The van der Waals surface area contributed by atoms with Gasteiger partial charge in [-0.2, -0.15) is 0 Å². The lowest BCUT2D eigenvalue weighted by Gasteiger charge is -2.11. The third kappa shape index (κ3) is 5.11. The molecule has 1 amide bonds. The molecule has 1 aromatic heterocycles. The van der Waals surface area contributed by atoms with Gasteiger partial charge in [-0.1, -0.05) is 24.3 Å². The minimum absolute atomic E-state index is 0.0719. The number of aromatic nitrogens is 3. The fraction of sp³-hybridized carbons (Fsp3) is 0.250. The van der Waals surface area contributed by atoms with Crippen molar-refractivity contribution < 1.29 is 14.6 Å². The van der Waals surface area contributed by atoms with Crippen LogP contribution in [0.4, 0.5) is 0 Å². The van der Waals surface area contributed by atoms with Gasteiger partial charge in [-0.25, -0.2) is 9.67 Å². The fourth-order valence-corrected chi connectivity index (χ4v) is 3.01. The number of amides is 1. The van der Waals surface area contributed by atoms with Crippen molar-refractivity contribution in [2.24, 2.45) is 0 Å². The van der Waals surface area contributed by atoms with Crippen molar-refractivity contribution in [2.45, 2.75) is 24.1 Å². The number of nitrogens with zero attached hydrogens (tertiary/aromatic N) is 3. The molecule has 0 unspecified atom stereocenters. The molecule has 2 N–H and O–H groups in total. The minimum atomic E-state index is -0.765. The highest BCUT2D eigenvalue weighted by Gasteiger charge is 2.14. The maximum atomic E-state index is 12.3. The second kappa shape index (κ2) is 9.38. The Labute approximate surface area is 167 Å². The molecule has 0 spiro atoms. The zero-order chi connectivity index (χ0) is 19.9. The van der Waals surface area contributed by atoms with E-state index in [0.717, 1.165) is 16.9 Å². The van der Waals surface area contributed by atoms with Gasteiger partial charge >= 0.3 is 0 Å². The predicted octanol–water partition coefficient (Wildman–Crippen LogP) is 2.67. The molecule has 146 valence electrons. The number of rotatable bonds is 8. The van der Waals surface area contributed by atoms with Crippen LogP contribution in [0, 0.1) is 0 Å². The van der Waals surface area contributed by atoms with E-state index in [1.807, 2.05) is 30.5 Å². The average molecular weight is 398 g/mol. The van der Waals surface area contributed by atoms with E-state index in [-0.39, 0.29) is 18.3 Å². The first-order chi connectivity index (χ1) is 13.6. The van der Waals surface area contributed by atoms with Gasteiger partial charge in [-0.3, -0.25) is 4.79 Å². The van der Waals surface area contributed by atoms with Crippen molar-refractivity contribution in [1.29, 1.82) is 0 Å². The molecular weight excluding hydrogens is 376 g/mol. The van der Waals surface area contributed by atoms with Crippen molar-refractivity contribution in [3.05, 3.63) is 71.8 Å². The Morgan fingerprint density at radius 3 is 2.57 bits per heavy atom. The zero-order valence-electron chi connectivity index (χ0n) is 15.7. The lowest BCUT2D eigenvalue weighted by Crippen LogP contribution is -2.24. The van der Waals surface area contributed by atoms with Crippen molar-refractivity contribution in [2.75, 3.05) is 13.4 Å². The molecule has 7 nitrogen and oxygen atoms in total. The Morgan fingerprint density at radius 2 is 1.93 bits per heavy atom. The number of thioether (sulfide) groups is 1. The van der Waals surface area contributed by atoms with Crippen molar-refractivity contribution in [3.8, 4) is 5.75 Å². The monoisotopic (exact) mass is 398 g/mol. The van der Waals surface area contributed by atoms with Crippen LogP contribution in [0.5, 0.6) is 5.75 Å². The molecule has 0 fully saturated rings. The van der Waals surface area contributed by atoms with Gasteiger partial charge in [-0.15, -0.1) is 16.9 Å². The van der Waals surface area contributed by atoms with Gasteiger partial charge in [0.05, 0.1) is 19.8 Å². The Balaban J connectivity index is 1.55. The van der Waals surface area contributed by atoms with Crippen LogP contribution in [-0.2, 0) is 13.1 Å². The van der Waals surface area contributed by atoms with Gasteiger partial charge in [0, 0.05) is 11.4 Å². The van der Waals surface area contributed by atoms with E-state index in [2.05, 4.69) is 15.4 Å². The number of aliphatic hydroxyl groups excluding tert-OH is 1. The van der Waals surface area contributed by atoms with E-state index < -0.39 is 6.10 Å². The largest absolute Gasteiger partial charge is 0.497 e. The third-order valence-electron chi connectivity index (χ3n) is 4.21. The van der Waals surface area contributed by atoms with Crippen molar-refractivity contribution in [1.82, 2.24) is 20.1 Å². The molecule has 0 bridgehead atoms. The highest BCUT2D eigenvalue weighted by atomic mass is 32.2. The lowest BCUT2D eigenvalue weighted by molar-refractivity contribution is 0.0938. The van der Waals surface area contributed by atoms with E-state index in [9.17, 15) is 9.90 Å². The second-order valence-corrected chi connectivity index (χ2v) is 6.99. The first-order valence-electron chi connectivity index (χ1n) is 8.71. The smallest absolute Gasteiger partial charge is 0.291 e. The van der Waals surface area contributed by atoms with Crippen LogP contribution in [0.15, 0.2) is 59.8 Å². The standard InChI is InChI=1S/C20H22N4O3S/c1-27-16-7-5-15(6-8-16)18(25)12-24-13-22-19(23-24)20(26)21-11-14-3-9-17(28-2)10-4-14/h3-10,13,18,25H,11-12H2,1-2H3,(H,21,26)/t18-/m1/s1. The molecule has 0 radical (unpaired) electrons. The lowest BCUT2D eigenvalue weighted by atomic mass is 10.1. The summed E-state index contributed by atoms with van der Waals surface area (Å²) in [6, 6.07) is 15.1. The summed E-state index contributed by atoms with van der Waals surface area (Å²) < 4.78 is 6.56. The van der Waals surface area contributed by atoms with E-state index >= 15 is 0 Å². The summed E-state index contributed by atoms with van der Waals surface area (Å²) in [7, 11) is 1.59.